The molecule has 102 valence electrons. The summed E-state index contributed by atoms with van der Waals surface area (Å²) >= 11 is 5.90. The molecule has 0 heterocycles. The number of unbranched alkanes of at least 4 members (excludes halogenated alkanes) is 1. The SMILES string of the molecule is CCCCOCCN(CCCl)C1CCCCC1. The Hall–Kier alpha value is 0.210. The zero-order valence-electron chi connectivity index (χ0n) is 11.3. The summed E-state index contributed by atoms with van der Waals surface area (Å²) in [4.78, 5) is 2.54. The van der Waals surface area contributed by atoms with Crippen LogP contribution >= 0.6 is 11.6 Å². The highest BCUT2D eigenvalue weighted by atomic mass is 35.5. The first-order valence-electron chi connectivity index (χ1n) is 7.26. The summed E-state index contributed by atoms with van der Waals surface area (Å²) in [5.74, 6) is 0.742. The number of halogens is 1. The normalized spacial score (nSPS) is 17.8. The third-order valence-electron chi connectivity index (χ3n) is 3.63. The summed E-state index contributed by atoms with van der Waals surface area (Å²) in [6.45, 7) is 6.05. The third kappa shape index (κ3) is 6.64. The first-order chi connectivity index (χ1) is 8.38. The molecule has 0 radical (unpaired) electrons. The van der Waals surface area contributed by atoms with Crippen molar-refractivity contribution in [3.8, 4) is 0 Å². The summed E-state index contributed by atoms with van der Waals surface area (Å²) < 4.78 is 5.66. The molecule has 0 aromatic heterocycles. The van der Waals surface area contributed by atoms with E-state index in [-0.39, 0.29) is 0 Å². The van der Waals surface area contributed by atoms with Gasteiger partial charge in [0.1, 0.15) is 0 Å². The van der Waals surface area contributed by atoms with Gasteiger partial charge in [0.15, 0.2) is 0 Å². The highest BCUT2D eigenvalue weighted by Crippen LogP contribution is 2.22. The lowest BCUT2D eigenvalue weighted by molar-refractivity contribution is 0.0782. The molecule has 1 fully saturated rings. The number of alkyl halides is 1. The van der Waals surface area contributed by atoms with Crippen molar-refractivity contribution in [2.45, 2.75) is 57.9 Å². The van der Waals surface area contributed by atoms with E-state index in [1.54, 1.807) is 0 Å². The molecule has 0 aromatic carbocycles. The summed E-state index contributed by atoms with van der Waals surface area (Å²) in [6.07, 6.45) is 9.29. The van der Waals surface area contributed by atoms with Crippen LogP contribution in [0.15, 0.2) is 0 Å². The van der Waals surface area contributed by atoms with E-state index in [0.29, 0.717) is 0 Å². The van der Waals surface area contributed by atoms with E-state index in [1.807, 2.05) is 0 Å². The molecule has 1 rings (SSSR count). The Balaban J connectivity index is 2.17. The van der Waals surface area contributed by atoms with Gasteiger partial charge in [-0.2, -0.15) is 0 Å². The van der Waals surface area contributed by atoms with Gasteiger partial charge in [0, 0.05) is 31.6 Å². The Morgan fingerprint density at radius 3 is 2.53 bits per heavy atom. The van der Waals surface area contributed by atoms with Gasteiger partial charge >= 0.3 is 0 Å². The van der Waals surface area contributed by atoms with Gasteiger partial charge in [0.05, 0.1) is 6.61 Å². The number of rotatable bonds is 9. The molecule has 0 atom stereocenters. The lowest BCUT2D eigenvalue weighted by Crippen LogP contribution is -2.40. The fourth-order valence-electron chi connectivity index (χ4n) is 2.56. The van der Waals surface area contributed by atoms with E-state index in [9.17, 15) is 0 Å². The van der Waals surface area contributed by atoms with Gasteiger partial charge in [0.25, 0.3) is 0 Å². The van der Waals surface area contributed by atoms with Crippen molar-refractivity contribution >= 4 is 11.6 Å². The number of ether oxygens (including phenoxy) is 1. The molecule has 1 aliphatic rings. The van der Waals surface area contributed by atoms with Crippen LogP contribution in [-0.2, 0) is 4.74 Å². The quantitative estimate of drug-likeness (QED) is 0.464. The molecular weight excluding hydrogens is 234 g/mol. The van der Waals surface area contributed by atoms with Crippen LogP contribution < -0.4 is 0 Å². The lowest BCUT2D eigenvalue weighted by atomic mass is 9.94. The molecule has 0 unspecified atom stereocenters. The predicted molar refractivity (Wildman–Crippen MR) is 74.9 cm³/mol. The largest absolute Gasteiger partial charge is 0.380 e. The van der Waals surface area contributed by atoms with Crippen LogP contribution in [0.25, 0.3) is 0 Å². The topological polar surface area (TPSA) is 12.5 Å². The van der Waals surface area contributed by atoms with Crippen LogP contribution in [0.5, 0.6) is 0 Å². The Bertz CT molecular complexity index is 172. The molecule has 0 aromatic rings. The van der Waals surface area contributed by atoms with Gasteiger partial charge in [-0.25, -0.2) is 0 Å². The standard InChI is InChI=1S/C14H28ClNO/c1-2-3-12-17-13-11-16(10-9-15)14-7-5-4-6-8-14/h14H,2-13H2,1H3. The predicted octanol–water partition coefficient (Wildman–Crippen LogP) is 3.68. The van der Waals surface area contributed by atoms with Crippen LogP contribution in [0.1, 0.15) is 51.9 Å². The smallest absolute Gasteiger partial charge is 0.0593 e. The molecule has 0 saturated heterocycles. The first kappa shape index (κ1) is 15.3. The van der Waals surface area contributed by atoms with Crippen molar-refractivity contribution in [1.82, 2.24) is 4.90 Å². The molecule has 1 aliphatic carbocycles. The van der Waals surface area contributed by atoms with E-state index in [0.717, 1.165) is 38.2 Å². The van der Waals surface area contributed by atoms with Crippen molar-refractivity contribution in [2.75, 3.05) is 32.2 Å². The second kappa shape index (κ2) is 10.2. The summed E-state index contributed by atoms with van der Waals surface area (Å²) in [6, 6.07) is 0.761. The van der Waals surface area contributed by atoms with Gasteiger partial charge in [-0.05, 0) is 19.3 Å². The molecule has 0 aliphatic heterocycles. The lowest BCUT2D eigenvalue weighted by Gasteiger charge is -2.33. The van der Waals surface area contributed by atoms with Crippen molar-refractivity contribution < 1.29 is 4.74 Å². The first-order valence-corrected chi connectivity index (χ1v) is 7.79. The maximum atomic E-state index is 5.90. The van der Waals surface area contributed by atoms with Crippen LogP contribution in [-0.4, -0.2) is 43.1 Å². The fraction of sp³-hybridized carbons (Fsp3) is 1.00. The van der Waals surface area contributed by atoms with Gasteiger partial charge < -0.3 is 4.74 Å². The van der Waals surface area contributed by atoms with E-state index in [4.69, 9.17) is 16.3 Å². The van der Waals surface area contributed by atoms with Crippen LogP contribution in [0.3, 0.4) is 0 Å². The van der Waals surface area contributed by atoms with Crippen LogP contribution in [0.4, 0.5) is 0 Å². The summed E-state index contributed by atoms with van der Waals surface area (Å²) in [5, 5.41) is 0. The molecule has 0 N–H and O–H groups in total. The van der Waals surface area contributed by atoms with Gasteiger partial charge in [-0.3, -0.25) is 4.90 Å². The van der Waals surface area contributed by atoms with Crippen LogP contribution in [0, 0.1) is 0 Å². The molecule has 17 heavy (non-hydrogen) atoms. The summed E-state index contributed by atoms with van der Waals surface area (Å²) in [5.41, 5.74) is 0. The maximum absolute atomic E-state index is 5.90. The highest BCUT2D eigenvalue weighted by Gasteiger charge is 2.20. The zero-order valence-corrected chi connectivity index (χ0v) is 12.1. The Morgan fingerprint density at radius 2 is 1.88 bits per heavy atom. The van der Waals surface area contributed by atoms with Crippen LogP contribution in [0.2, 0.25) is 0 Å². The van der Waals surface area contributed by atoms with E-state index in [1.165, 1.54) is 44.9 Å². The molecule has 1 saturated carbocycles. The minimum atomic E-state index is 0.742. The fourth-order valence-corrected chi connectivity index (χ4v) is 2.78. The monoisotopic (exact) mass is 261 g/mol. The number of hydrogen-bond donors (Lipinski definition) is 0. The van der Waals surface area contributed by atoms with Crippen molar-refractivity contribution in [3.63, 3.8) is 0 Å². The second-order valence-corrected chi connectivity index (χ2v) is 5.36. The maximum Gasteiger partial charge on any atom is 0.0593 e. The molecule has 0 bridgehead atoms. The summed E-state index contributed by atoms with van der Waals surface area (Å²) in [7, 11) is 0. The Labute approximate surface area is 112 Å². The minimum Gasteiger partial charge on any atom is -0.380 e. The molecule has 3 heteroatoms. The average Bonchev–Trinajstić information content (AvgIpc) is 2.38. The molecular formula is C14H28ClNO. The third-order valence-corrected chi connectivity index (χ3v) is 3.80. The second-order valence-electron chi connectivity index (χ2n) is 4.98. The number of hydrogen-bond acceptors (Lipinski definition) is 2. The molecule has 2 nitrogen and oxygen atoms in total. The van der Waals surface area contributed by atoms with Crippen molar-refractivity contribution in [2.24, 2.45) is 0 Å². The van der Waals surface area contributed by atoms with E-state index >= 15 is 0 Å². The minimum absolute atomic E-state index is 0.742. The Morgan fingerprint density at radius 1 is 1.12 bits per heavy atom. The van der Waals surface area contributed by atoms with E-state index < -0.39 is 0 Å². The zero-order chi connectivity index (χ0) is 12.3. The van der Waals surface area contributed by atoms with Gasteiger partial charge in [-0.1, -0.05) is 32.6 Å². The highest BCUT2D eigenvalue weighted by molar-refractivity contribution is 6.18. The molecule has 0 spiro atoms. The van der Waals surface area contributed by atoms with Crippen molar-refractivity contribution in [1.29, 1.82) is 0 Å². The van der Waals surface area contributed by atoms with E-state index in [2.05, 4.69) is 11.8 Å². The van der Waals surface area contributed by atoms with Gasteiger partial charge in [0.2, 0.25) is 0 Å². The number of nitrogens with zero attached hydrogens (tertiary/aromatic N) is 1. The van der Waals surface area contributed by atoms with Crippen molar-refractivity contribution in [3.05, 3.63) is 0 Å². The van der Waals surface area contributed by atoms with Gasteiger partial charge in [-0.15, -0.1) is 11.6 Å². The average molecular weight is 262 g/mol. The Kier molecular flexibility index (Phi) is 9.13. The molecule has 0 amide bonds.